The van der Waals surface area contributed by atoms with E-state index in [0.717, 1.165) is 6.42 Å². The van der Waals surface area contributed by atoms with Crippen molar-refractivity contribution < 1.29 is 0 Å². The Morgan fingerprint density at radius 1 is 1.00 bits per heavy atom. The molecule has 1 aromatic carbocycles. The normalized spacial score (nSPS) is 7.86. The van der Waals surface area contributed by atoms with Crippen LogP contribution in [0, 0.1) is 0 Å². The molecule has 0 bridgehead atoms. The molecule has 0 N–H and O–H groups in total. The predicted octanol–water partition coefficient (Wildman–Crippen LogP) is 5.02. The average Bonchev–Trinajstić information content (AvgIpc) is 2.34. The monoisotopic (exact) mass is 212 g/mol. The SMILES string of the molecule is CC.CC.CCc1ccccc1SC. The molecular weight excluding hydrogens is 188 g/mol. The lowest BCUT2D eigenvalue weighted by molar-refractivity contribution is 1.08. The molecule has 0 aliphatic rings. The van der Waals surface area contributed by atoms with Crippen molar-refractivity contribution >= 4 is 11.8 Å². The molecule has 0 aliphatic carbocycles. The second kappa shape index (κ2) is 12.6. The van der Waals surface area contributed by atoms with Gasteiger partial charge in [-0.05, 0) is 24.3 Å². The number of thioether (sulfide) groups is 1. The molecule has 1 aromatic rings. The Kier molecular flexibility index (Phi) is 14.4. The van der Waals surface area contributed by atoms with Gasteiger partial charge in [0.15, 0.2) is 0 Å². The van der Waals surface area contributed by atoms with E-state index in [2.05, 4.69) is 37.4 Å². The second-order valence-corrected chi connectivity index (χ2v) is 3.01. The summed E-state index contributed by atoms with van der Waals surface area (Å²) in [5.74, 6) is 0. The highest BCUT2D eigenvalue weighted by molar-refractivity contribution is 7.98. The van der Waals surface area contributed by atoms with Gasteiger partial charge in [0, 0.05) is 4.90 Å². The van der Waals surface area contributed by atoms with Crippen LogP contribution >= 0.6 is 11.8 Å². The number of hydrogen-bond donors (Lipinski definition) is 0. The molecule has 0 radical (unpaired) electrons. The van der Waals surface area contributed by atoms with Gasteiger partial charge in [-0.2, -0.15) is 0 Å². The van der Waals surface area contributed by atoms with Gasteiger partial charge in [-0.1, -0.05) is 52.8 Å². The van der Waals surface area contributed by atoms with E-state index < -0.39 is 0 Å². The van der Waals surface area contributed by atoms with Gasteiger partial charge < -0.3 is 0 Å². The topological polar surface area (TPSA) is 0 Å². The molecular formula is C13H24S. The smallest absolute Gasteiger partial charge is 0.0101 e. The first-order chi connectivity index (χ1) is 6.88. The maximum atomic E-state index is 2.19. The van der Waals surface area contributed by atoms with Crippen LogP contribution in [0.3, 0.4) is 0 Å². The molecule has 1 rings (SSSR count). The molecule has 0 aliphatic heterocycles. The van der Waals surface area contributed by atoms with Gasteiger partial charge in [0.05, 0.1) is 0 Å². The lowest BCUT2D eigenvalue weighted by atomic mass is 10.2. The summed E-state index contributed by atoms with van der Waals surface area (Å²) in [5, 5.41) is 0. The third kappa shape index (κ3) is 6.09. The Morgan fingerprint density at radius 3 is 1.86 bits per heavy atom. The molecule has 0 unspecified atom stereocenters. The molecule has 0 amide bonds. The highest BCUT2D eigenvalue weighted by atomic mass is 32.2. The molecule has 0 heterocycles. The number of aryl methyl sites for hydroxylation is 1. The maximum absolute atomic E-state index is 2.19. The third-order valence-corrected chi connectivity index (χ3v) is 2.41. The molecule has 0 saturated carbocycles. The molecule has 0 fully saturated rings. The van der Waals surface area contributed by atoms with Crippen molar-refractivity contribution in [2.24, 2.45) is 0 Å². The molecule has 82 valence electrons. The zero-order valence-corrected chi connectivity index (χ0v) is 11.2. The van der Waals surface area contributed by atoms with Crippen molar-refractivity contribution in [1.29, 1.82) is 0 Å². The summed E-state index contributed by atoms with van der Waals surface area (Å²) in [7, 11) is 0. The van der Waals surface area contributed by atoms with Crippen LogP contribution in [0.25, 0.3) is 0 Å². The largest absolute Gasteiger partial charge is 0.129 e. The van der Waals surface area contributed by atoms with Crippen LogP contribution in [-0.2, 0) is 6.42 Å². The van der Waals surface area contributed by atoms with E-state index in [9.17, 15) is 0 Å². The zero-order chi connectivity index (χ0) is 11.4. The summed E-state index contributed by atoms with van der Waals surface area (Å²) in [6, 6.07) is 8.54. The van der Waals surface area contributed by atoms with Gasteiger partial charge in [-0.15, -0.1) is 11.8 Å². The molecule has 0 atom stereocenters. The number of rotatable bonds is 2. The van der Waals surface area contributed by atoms with Crippen LogP contribution in [0.15, 0.2) is 29.2 Å². The Morgan fingerprint density at radius 2 is 1.50 bits per heavy atom. The van der Waals surface area contributed by atoms with Crippen LogP contribution < -0.4 is 0 Å². The summed E-state index contributed by atoms with van der Waals surface area (Å²) in [5.41, 5.74) is 1.45. The average molecular weight is 212 g/mol. The lowest BCUT2D eigenvalue weighted by Gasteiger charge is -2.01. The first-order valence-electron chi connectivity index (χ1n) is 5.50. The number of hydrogen-bond acceptors (Lipinski definition) is 1. The highest BCUT2D eigenvalue weighted by Crippen LogP contribution is 2.19. The van der Waals surface area contributed by atoms with E-state index in [4.69, 9.17) is 0 Å². The fourth-order valence-electron chi connectivity index (χ4n) is 0.995. The van der Waals surface area contributed by atoms with Gasteiger partial charge in [-0.25, -0.2) is 0 Å². The third-order valence-electron chi connectivity index (χ3n) is 1.57. The summed E-state index contributed by atoms with van der Waals surface area (Å²) in [6.45, 7) is 10.2. The summed E-state index contributed by atoms with van der Waals surface area (Å²) >= 11 is 1.82. The lowest BCUT2D eigenvalue weighted by Crippen LogP contribution is -1.81. The van der Waals surface area contributed by atoms with Crippen molar-refractivity contribution in [3.8, 4) is 0 Å². The number of benzene rings is 1. The quantitative estimate of drug-likeness (QED) is 0.620. The standard InChI is InChI=1S/C9H12S.2C2H6/c1-3-8-6-4-5-7-9(8)10-2;2*1-2/h4-7H,3H2,1-2H3;2*1-2H3. The van der Waals surface area contributed by atoms with Gasteiger partial charge >= 0.3 is 0 Å². The Hall–Kier alpha value is -0.430. The van der Waals surface area contributed by atoms with Gasteiger partial charge in [0.25, 0.3) is 0 Å². The Balaban J connectivity index is 0. The van der Waals surface area contributed by atoms with Gasteiger partial charge in [0.2, 0.25) is 0 Å². The summed E-state index contributed by atoms with van der Waals surface area (Å²) < 4.78 is 0. The summed E-state index contributed by atoms with van der Waals surface area (Å²) in [6.07, 6.45) is 3.26. The minimum atomic E-state index is 1.14. The minimum absolute atomic E-state index is 1.14. The van der Waals surface area contributed by atoms with Crippen LogP contribution in [0.5, 0.6) is 0 Å². The van der Waals surface area contributed by atoms with E-state index in [1.807, 2.05) is 39.5 Å². The second-order valence-electron chi connectivity index (χ2n) is 2.17. The molecule has 0 nitrogen and oxygen atoms in total. The van der Waals surface area contributed by atoms with E-state index in [1.54, 1.807) is 0 Å². The Bertz CT molecular complexity index is 183. The Labute approximate surface area is 94.1 Å². The van der Waals surface area contributed by atoms with Crippen molar-refractivity contribution in [2.75, 3.05) is 6.26 Å². The first-order valence-corrected chi connectivity index (χ1v) is 6.73. The van der Waals surface area contributed by atoms with Crippen LogP contribution in [0.1, 0.15) is 40.2 Å². The predicted molar refractivity (Wildman–Crippen MR) is 70.3 cm³/mol. The maximum Gasteiger partial charge on any atom is 0.0101 e. The van der Waals surface area contributed by atoms with Crippen LogP contribution in [-0.4, -0.2) is 6.26 Å². The van der Waals surface area contributed by atoms with Crippen molar-refractivity contribution in [1.82, 2.24) is 0 Å². The van der Waals surface area contributed by atoms with E-state index in [1.165, 1.54) is 10.5 Å². The zero-order valence-electron chi connectivity index (χ0n) is 10.4. The van der Waals surface area contributed by atoms with Crippen molar-refractivity contribution in [3.05, 3.63) is 29.8 Å². The minimum Gasteiger partial charge on any atom is -0.129 e. The molecule has 1 heteroatoms. The molecule has 0 spiro atoms. The fourth-order valence-corrected chi connectivity index (χ4v) is 1.68. The van der Waals surface area contributed by atoms with Gasteiger partial charge in [-0.3, -0.25) is 0 Å². The fraction of sp³-hybridized carbons (Fsp3) is 0.538. The van der Waals surface area contributed by atoms with Crippen LogP contribution in [0.2, 0.25) is 0 Å². The first kappa shape index (κ1) is 16.0. The van der Waals surface area contributed by atoms with Crippen LogP contribution in [0.4, 0.5) is 0 Å². The molecule has 14 heavy (non-hydrogen) atoms. The van der Waals surface area contributed by atoms with Crippen molar-refractivity contribution in [2.45, 2.75) is 45.9 Å². The van der Waals surface area contributed by atoms with Crippen molar-refractivity contribution in [3.63, 3.8) is 0 Å². The van der Waals surface area contributed by atoms with E-state index in [0.29, 0.717) is 0 Å². The molecule has 0 saturated heterocycles. The summed E-state index contributed by atoms with van der Waals surface area (Å²) in [4.78, 5) is 1.41. The van der Waals surface area contributed by atoms with Gasteiger partial charge in [0.1, 0.15) is 0 Å². The van der Waals surface area contributed by atoms with E-state index in [-0.39, 0.29) is 0 Å². The van der Waals surface area contributed by atoms with E-state index >= 15 is 0 Å². The highest BCUT2D eigenvalue weighted by Gasteiger charge is 1.94. The molecule has 0 aromatic heterocycles.